The van der Waals surface area contributed by atoms with Crippen molar-refractivity contribution in [2.45, 2.75) is 10.6 Å². The SMILES string of the molecule is O=C(Cl)c1ccccc1SCc1ccc(F)cc1. The first kappa shape index (κ1) is 13.1. The summed E-state index contributed by atoms with van der Waals surface area (Å²) in [5.74, 6) is 0.418. The Morgan fingerprint density at radius 2 is 1.78 bits per heavy atom. The van der Waals surface area contributed by atoms with Crippen LogP contribution in [0.1, 0.15) is 15.9 Å². The van der Waals surface area contributed by atoms with Gasteiger partial charge in [-0.1, -0.05) is 24.3 Å². The molecule has 18 heavy (non-hydrogen) atoms. The minimum absolute atomic E-state index is 0.250. The second-order valence-corrected chi connectivity index (χ2v) is 5.05. The largest absolute Gasteiger partial charge is 0.276 e. The molecule has 0 bridgehead atoms. The maximum atomic E-state index is 12.8. The molecule has 0 heterocycles. The number of hydrogen-bond acceptors (Lipinski definition) is 2. The third kappa shape index (κ3) is 3.34. The van der Waals surface area contributed by atoms with Crippen LogP contribution in [0, 0.1) is 5.82 Å². The molecule has 0 N–H and O–H groups in total. The van der Waals surface area contributed by atoms with Crippen molar-refractivity contribution in [3.63, 3.8) is 0 Å². The molecule has 2 aromatic carbocycles. The minimum Gasteiger partial charge on any atom is -0.276 e. The van der Waals surface area contributed by atoms with Crippen molar-refractivity contribution < 1.29 is 9.18 Å². The van der Waals surface area contributed by atoms with Gasteiger partial charge in [0.15, 0.2) is 0 Å². The lowest BCUT2D eigenvalue weighted by atomic mass is 10.2. The highest BCUT2D eigenvalue weighted by atomic mass is 35.5. The predicted molar refractivity (Wildman–Crippen MR) is 72.6 cm³/mol. The van der Waals surface area contributed by atoms with Crippen LogP contribution in [0.3, 0.4) is 0 Å². The zero-order chi connectivity index (χ0) is 13.0. The van der Waals surface area contributed by atoms with Gasteiger partial charge in [0.25, 0.3) is 5.24 Å². The van der Waals surface area contributed by atoms with E-state index in [1.54, 1.807) is 24.3 Å². The van der Waals surface area contributed by atoms with E-state index in [0.717, 1.165) is 10.5 Å². The van der Waals surface area contributed by atoms with Crippen molar-refractivity contribution in [3.05, 3.63) is 65.5 Å². The quantitative estimate of drug-likeness (QED) is 0.606. The minimum atomic E-state index is -0.461. The zero-order valence-corrected chi connectivity index (χ0v) is 11.0. The Morgan fingerprint density at radius 3 is 2.44 bits per heavy atom. The fraction of sp³-hybridized carbons (Fsp3) is 0.0714. The maximum Gasteiger partial charge on any atom is 0.253 e. The molecule has 0 aliphatic carbocycles. The van der Waals surface area contributed by atoms with Crippen LogP contribution in [-0.4, -0.2) is 5.24 Å². The molecule has 0 atom stereocenters. The third-order valence-corrected chi connectivity index (χ3v) is 3.75. The highest BCUT2D eigenvalue weighted by Crippen LogP contribution is 2.27. The van der Waals surface area contributed by atoms with E-state index in [4.69, 9.17) is 11.6 Å². The normalized spacial score (nSPS) is 10.3. The van der Waals surface area contributed by atoms with Gasteiger partial charge in [0.1, 0.15) is 5.82 Å². The summed E-state index contributed by atoms with van der Waals surface area (Å²) in [6, 6.07) is 13.5. The summed E-state index contributed by atoms with van der Waals surface area (Å²) in [6.07, 6.45) is 0. The second kappa shape index (κ2) is 6.03. The van der Waals surface area contributed by atoms with Crippen molar-refractivity contribution in [1.82, 2.24) is 0 Å². The van der Waals surface area contributed by atoms with Crippen LogP contribution >= 0.6 is 23.4 Å². The van der Waals surface area contributed by atoms with Gasteiger partial charge >= 0.3 is 0 Å². The molecule has 4 heteroatoms. The molecule has 2 rings (SSSR count). The van der Waals surface area contributed by atoms with Crippen molar-refractivity contribution in [2.75, 3.05) is 0 Å². The van der Waals surface area contributed by atoms with Crippen LogP contribution in [0.2, 0.25) is 0 Å². The van der Waals surface area contributed by atoms with Crippen LogP contribution in [0.15, 0.2) is 53.4 Å². The molecule has 0 saturated heterocycles. The lowest BCUT2D eigenvalue weighted by Gasteiger charge is -2.05. The summed E-state index contributed by atoms with van der Waals surface area (Å²) in [7, 11) is 0. The summed E-state index contributed by atoms with van der Waals surface area (Å²) in [6.45, 7) is 0. The zero-order valence-electron chi connectivity index (χ0n) is 9.40. The molecule has 92 valence electrons. The van der Waals surface area contributed by atoms with Gasteiger partial charge in [0.05, 0.1) is 0 Å². The molecule has 0 unspecified atom stereocenters. The average Bonchev–Trinajstić information content (AvgIpc) is 2.38. The number of benzene rings is 2. The lowest BCUT2D eigenvalue weighted by molar-refractivity contribution is 0.107. The van der Waals surface area contributed by atoms with E-state index in [9.17, 15) is 9.18 Å². The molecule has 1 nitrogen and oxygen atoms in total. The maximum absolute atomic E-state index is 12.8. The van der Waals surface area contributed by atoms with Crippen molar-refractivity contribution in [3.8, 4) is 0 Å². The van der Waals surface area contributed by atoms with Gasteiger partial charge in [-0.05, 0) is 41.4 Å². The van der Waals surface area contributed by atoms with Gasteiger partial charge in [-0.25, -0.2) is 4.39 Å². The van der Waals surface area contributed by atoms with Crippen molar-refractivity contribution in [2.24, 2.45) is 0 Å². The molecule has 0 fully saturated rings. The number of carbonyl (C=O) groups excluding carboxylic acids is 1. The summed E-state index contributed by atoms with van der Waals surface area (Å²) in [5, 5.41) is -0.461. The predicted octanol–water partition coefficient (Wildman–Crippen LogP) is 4.50. The molecule has 0 radical (unpaired) electrons. The Labute approximate surface area is 114 Å². The average molecular weight is 281 g/mol. The topological polar surface area (TPSA) is 17.1 Å². The Balaban J connectivity index is 2.10. The molecule has 0 saturated carbocycles. The van der Waals surface area contributed by atoms with Gasteiger partial charge in [-0.15, -0.1) is 11.8 Å². The molecule has 0 aliphatic rings. The fourth-order valence-electron chi connectivity index (χ4n) is 1.50. The smallest absolute Gasteiger partial charge is 0.253 e. The van der Waals surface area contributed by atoms with Gasteiger partial charge < -0.3 is 0 Å². The highest BCUT2D eigenvalue weighted by molar-refractivity contribution is 7.98. The summed E-state index contributed by atoms with van der Waals surface area (Å²) >= 11 is 7.02. The first-order valence-corrected chi connectivity index (χ1v) is 6.69. The number of rotatable bonds is 4. The molecular formula is C14H10ClFOS. The molecular weight excluding hydrogens is 271 g/mol. The standard InChI is InChI=1S/C14H10ClFOS/c15-14(17)12-3-1-2-4-13(12)18-9-10-5-7-11(16)8-6-10/h1-8H,9H2. The lowest BCUT2D eigenvalue weighted by Crippen LogP contribution is -1.92. The summed E-state index contributed by atoms with van der Waals surface area (Å²) in [4.78, 5) is 12.1. The van der Waals surface area contributed by atoms with Gasteiger partial charge in [0.2, 0.25) is 0 Å². The molecule has 2 aromatic rings. The summed E-state index contributed by atoms with van der Waals surface area (Å²) in [5.41, 5.74) is 1.50. The first-order chi connectivity index (χ1) is 8.66. The van der Waals surface area contributed by atoms with Gasteiger partial charge in [0, 0.05) is 16.2 Å². The van der Waals surface area contributed by atoms with E-state index in [0.29, 0.717) is 11.3 Å². The van der Waals surface area contributed by atoms with Crippen LogP contribution in [0.25, 0.3) is 0 Å². The number of carbonyl (C=O) groups is 1. The Bertz CT molecular complexity index is 554. The van der Waals surface area contributed by atoms with Crippen LogP contribution in [0.4, 0.5) is 4.39 Å². The van der Waals surface area contributed by atoms with E-state index in [1.165, 1.54) is 23.9 Å². The number of halogens is 2. The second-order valence-electron chi connectivity index (χ2n) is 3.69. The monoisotopic (exact) mass is 280 g/mol. The first-order valence-electron chi connectivity index (χ1n) is 5.33. The van der Waals surface area contributed by atoms with E-state index in [-0.39, 0.29) is 5.82 Å². The molecule has 0 aromatic heterocycles. The third-order valence-electron chi connectivity index (χ3n) is 2.41. The van der Waals surface area contributed by atoms with Gasteiger partial charge in [-0.3, -0.25) is 4.79 Å². The van der Waals surface area contributed by atoms with E-state index in [2.05, 4.69) is 0 Å². The number of thioether (sulfide) groups is 1. The van der Waals surface area contributed by atoms with E-state index < -0.39 is 5.24 Å². The fourth-order valence-corrected chi connectivity index (χ4v) is 2.72. The molecule has 0 amide bonds. The molecule has 0 aliphatic heterocycles. The van der Waals surface area contributed by atoms with Crippen molar-refractivity contribution in [1.29, 1.82) is 0 Å². The van der Waals surface area contributed by atoms with Crippen LogP contribution < -0.4 is 0 Å². The highest BCUT2D eigenvalue weighted by Gasteiger charge is 2.08. The molecule has 0 spiro atoms. The Morgan fingerprint density at radius 1 is 1.11 bits per heavy atom. The van der Waals surface area contributed by atoms with E-state index >= 15 is 0 Å². The van der Waals surface area contributed by atoms with Crippen LogP contribution in [0.5, 0.6) is 0 Å². The Hall–Kier alpha value is -1.32. The number of hydrogen-bond donors (Lipinski definition) is 0. The van der Waals surface area contributed by atoms with E-state index in [1.807, 2.05) is 12.1 Å². The van der Waals surface area contributed by atoms with Crippen molar-refractivity contribution >= 4 is 28.6 Å². The Kier molecular flexibility index (Phi) is 4.39. The summed E-state index contributed by atoms with van der Waals surface area (Å²) < 4.78 is 12.8. The van der Waals surface area contributed by atoms with Crippen LogP contribution in [-0.2, 0) is 5.75 Å². The van der Waals surface area contributed by atoms with Gasteiger partial charge in [-0.2, -0.15) is 0 Å².